The molecule has 1 aliphatic heterocycles. The Kier molecular flexibility index (Phi) is 6.71. The quantitative estimate of drug-likeness (QED) is 0.454. The first-order valence-electron chi connectivity index (χ1n) is 8.09. The normalized spacial score (nSPS) is 16.0. The van der Waals surface area contributed by atoms with Gasteiger partial charge in [0.05, 0.1) is 36.0 Å². The van der Waals surface area contributed by atoms with Crippen molar-refractivity contribution in [1.82, 2.24) is 4.31 Å². The Morgan fingerprint density at radius 1 is 1.04 bits per heavy atom. The number of hydrogen-bond donors (Lipinski definition) is 1. The highest BCUT2D eigenvalue weighted by molar-refractivity contribution is 7.89. The highest BCUT2D eigenvalue weighted by Crippen LogP contribution is 2.20. The first kappa shape index (κ1) is 20.3. The van der Waals surface area contributed by atoms with E-state index < -0.39 is 14.9 Å². The fourth-order valence-electron chi connectivity index (χ4n) is 3.01. The molecule has 0 aliphatic carbocycles. The van der Waals surface area contributed by atoms with Crippen molar-refractivity contribution in [3.8, 4) is 0 Å². The van der Waals surface area contributed by atoms with E-state index in [0.29, 0.717) is 26.2 Å². The van der Waals surface area contributed by atoms with E-state index in [4.69, 9.17) is 0 Å². The van der Waals surface area contributed by atoms with E-state index in [1.165, 1.54) is 33.0 Å². The van der Waals surface area contributed by atoms with Gasteiger partial charge in [0, 0.05) is 17.7 Å². The van der Waals surface area contributed by atoms with Gasteiger partial charge in [-0.05, 0) is 6.07 Å². The monoisotopic (exact) mass is 397 g/mol. The molecule has 1 N–H and O–H groups in total. The van der Waals surface area contributed by atoms with Crippen molar-refractivity contribution < 1.29 is 30.6 Å². The molecule has 26 heavy (non-hydrogen) atoms. The first-order valence-corrected chi connectivity index (χ1v) is 9.53. The second-order valence-corrected chi connectivity index (χ2v) is 8.01. The molecule has 0 atom stereocenters. The lowest BCUT2D eigenvalue weighted by atomic mass is 10.2. The maximum Gasteiger partial charge on any atom is 0.270 e. The van der Waals surface area contributed by atoms with E-state index in [9.17, 15) is 18.5 Å². The van der Waals surface area contributed by atoms with Crippen molar-refractivity contribution in [2.24, 2.45) is 0 Å². The number of benzene rings is 2. The maximum absolute atomic E-state index is 12.7. The van der Waals surface area contributed by atoms with Gasteiger partial charge in [-0.15, -0.1) is 0 Å². The van der Waals surface area contributed by atoms with Crippen molar-refractivity contribution in [3.05, 3.63) is 70.3 Å². The summed E-state index contributed by atoms with van der Waals surface area (Å²) in [5.41, 5.74) is 1.02. The summed E-state index contributed by atoms with van der Waals surface area (Å²) in [6.07, 6.45) is 0. The number of piperazine rings is 1. The van der Waals surface area contributed by atoms with Crippen molar-refractivity contribution in [3.63, 3.8) is 0 Å². The second kappa shape index (κ2) is 8.59. The van der Waals surface area contributed by atoms with E-state index in [-0.39, 0.29) is 23.0 Å². The molecule has 0 bridgehead atoms. The number of sulfonamides is 1. The molecule has 9 heteroatoms. The van der Waals surface area contributed by atoms with Crippen molar-refractivity contribution in [2.75, 3.05) is 26.2 Å². The summed E-state index contributed by atoms with van der Waals surface area (Å²) in [6, 6.07) is 15.3. The first-order chi connectivity index (χ1) is 12.0. The smallest absolute Gasteiger partial charge is 0.270 e. The van der Waals surface area contributed by atoms with Gasteiger partial charge in [0.25, 0.3) is 5.69 Å². The summed E-state index contributed by atoms with van der Waals surface area (Å²) in [5.74, 6) is 0. The van der Waals surface area contributed by atoms with Gasteiger partial charge >= 0.3 is 0 Å². The van der Waals surface area contributed by atoms with Gasteiger partial charge in [-0.2, -0.15) is 4.31 Å². The Morgan fingerprint density at radius 2 is 1.69 bits per heavy atom. The third-order valence-electron chi connectivity index (χ3n) is 4.39. The number of nitro groups is 1. The predicted octanol–water partition coefficient (Wildman–Crippen LogP) is -2.31. The van der Waals surface area contributed by atoms with Crippen LogP contribution in [0.25, 0.3) is 0 Å². The van der Waals surface area contributed by atoms with Crippen LogP contribution in [-0.2, 0) is 16.6 Å². The number of nitrogens with zero attached hydrogens (tertiary/aromatic N) is 2. The Morgan fingerprint density at radius 3 is 2.31 bits per heavy atom. The van der Waals surface area contributed by atoms with Crippen LogP contribution in [0.3, 0.4) is 0 Å². The molecule has 1 aliphatic rings. The van der Waals surface area contributed by atoms with Crippen molar-refractivity contribution >= 4 is 15.7 Å². The van der Waals surface area contributed by atoms with Crippen LogP contribution in [0.2, 0.25) is 0 Å². The fraction of sp³-hybridized carbons (Fsp3) is 0.294. The number of halogens is 1. The standard InChI is InChI=1S/C17H19N3O4S.ClH/c21-20(22)16-7-4-8-17(13-16)25(23,24)19-11-9-18(10-12-19)14-15-5-2-1-3-6-15;/h1-8,13H,9-12,14H2;1H. The molecule has 2 aromatic carbocycles. The minimum absolute atomic E-state index is 0. The van der Waals surface area contributed by atoms with Gasteiger partial charge in [0.1, 0.15) is 6.54 Å². The van der Waals surface area contributed by atoms with Crippen LogP contribution in [0.1, 0.15) is 5.56 Å². The fourth-order valence-corrected chi connectivity index (χ4v) is 4.49. The van der Waals surface area contributed by atoms with E-state index in [1.807, 2.05) is 18.2 Å². The third kappa shape index (κ3) is 4.59. The molecule has 140 valence electrons. The Labute approximate surface area is 158 Å². The zero-order valence-corrected chi connectivity index (χ0v) is 15.6. The third-order valence-corrected chi connectivity index (χ3v) is 6.29. The summed E-state index contributed by atoms with van der Waals surface area (Å²) in [7, 11) is -3.70. The minimum Gasteiger partial charge on any atom is -1.00 e. The molecule has 0 saturated carbocycles. The molecule has 0 spiro atoms. The largest absolute Gasteiger partial charge is 1.00 e. The molecule has 0 amide bonds. The number of rotatable bonds is 5. The van der Waals surface area contributed by atoms with E-state index in [0.717, 1.165) is 12.6 Å². The molecule has 1 fully saturated rings. The van der Waals surface area contributed by atoms with E-state index >= 15 is 0 Å². The summed E-state index contributed by atoms with van der Waals surface area (Å²) in [5, 5.41) is 10.9. The average molecular weight is 398 g/mol. The summed E-state index contributed by atoms with van der Waals surface area (Å²) < 4.78 is 26.9. The van der Waals surface area contributed by atoms with Gasteiger partial charge in [-0.3, -0.25) is 10.1 Å². The minimum atomic E-state index is -3.70. The molecule has 3 rings (SSSR count). The van der Waals surface area contributed by atoms with Crippen molar-refractivity contribution in [2.45, 2.75) is 11.4 Å². The van der Waals surface area contributed by atoms with Gasteiger partial charge in [0.15, 0.2) is 0 Å². The highest BCUT2D eigenvalue weighted by Gasteiger charge is 2.31. The lowest BCUT2D eigenvalue weighted by Gasteiger charge is -2.31. The topological polar surface area (TPSA) is 85.0 Å². The van der Waals surface area contributed by atoms with Crippen LogP contribution >= 0.6 is 0 Å². The molecule has 7 nitrogen and oxygen atoms in total. The molecule has 2 aromatic rings. The zero-order chi connectivity index (χ0) is 17.9. The predicted molar refractivity (Wildman–Crippen MR) is 92.7 cm³/mol. The highest BCUT2D eigenvalue weighted by atomic mass is 35.5. The lowest BCUT2D eigenvalue weighted by Crippen LogP contribution is -3.13. The van der Waals surface area contributed by atoms with Crippen molar-refractivity contribution in [1.29, 1.82) is 0 Å². The van der Waals surface area contributed by atoms with Gasteiger partial charge in [-0.25, -0.2) is 8.42 Å². The lowest BCUT2D eigenvalue weighted by molar-refractivity contribution is -0.917. The van der Waals surface area contributed by atoms with E-state index in [1.54, 1.807) is 0 Å². The van der Waals surface area contributed by atoms with Gasteiger partial charge in [-0.1, -0.05) is 36.4 Å². The molecule has 1 heterocycles. The Bertz CT molecular complexity index is 853. The van der Waals surface area contributed by atoms with Crippen LogP contribution in [-0.4, -0.2) is 43.8 Å². The molecule has 0 unspecified atom stereocenters. The molecule has 0 radical (unpaired) electrons. The Hall–Kier alpha value is -2.00. The Balaban J connectivity index is 0.00000243. The number of non-ortho nitro benzene ring substituents is 1. The van der Waals surface area contributed by atoms with Crippen LogP contribution in [0.4, 0.5) is 5.69 Å². The number of quaternary nitrogens is 1. The zero-order valence-electron chi connectivity index (χ0n) is 14.0. The maximum atomic E-state index is 12.7. The SMILES string of the molecule is O=[N+]([O-])c1cccc(S(=O)(=O)N2CC[NH+](Cc3ccccc3)CC2)c1.[Cl-]. The number of nitro benzene ring substituents is 1. The number of nitrogens with one attached hydrogen (secondary N) is 1. The summed E-state index contributed by atoms with van der Waals surface area (Å²) in [6.45, 7) is 3.11. The summed E-state index contributed by atoms with van der Waals surface area (Å²) in [4.78, 5) is 11.6. The molecule has 0 aromatic heterocycles. The van der Waals surface area contributed by atoms with E-state index in [2.05, 4.69) is 12.1 Å². The van der Waals surface area contributed by atoms with Crippen LogP contribution in [0.15, 0.2) is 59.5 Å². The second-order valence-electron chi connectivity index (χ2n) is 6.07. The molecular weight excluding hydrogens is 378 g/mol. The van der Waals surface area contributed by atoms with Crippen LogP contribution < -0.4 is 17.3 Å². The molecule has 1 saturated heterocycles. The molecular formula is C17H20ClN3O4S. The summed E-state index contributed by atoms with van der Waals surface area (Å²) >= 11 is 0. The van der Waals surface area contributed by atoms with Gasteiger partial charge < -0.3 is 17.3 Å². The van der Waals surface area contributed by atoms with Gasteiger partial charge in [0.2, 0.25) is 10.0 Å². The average Bonchev–Trinajstić information content (AvgIpc) is 2.63. The van der Waals surface area contributed by atoms with Crippen LogP contribution in [0.5, 0.6) is 0 Å². The van der Waals surface area contributed by atoms with Crippen LogP contribution in [0, 0.1) is 10.1 Å². The number of hydrogen-bond acceptors (Lipinski definition) is 4.